The van der Waals surface area contributed by atoms with E-state index in [1.165, 1.54) is 9.75 Å². The van der Waals surface area contributed by atoms with Crippen LogP contribution in [0.25, 0.3) is 32.1 Å². The van der Waals surface area contributed by atoms with E-state index in [2.05, 4.69) is 79.3 Å². The summed E-state index contributed by atoms with van der Waals surface area (Å²) >= 11 is 15.7. The number of hydrogen-bond donors (Lipinski definition) is 6. The van der Waals surface area contributed by atoms with Crippen LogP contribution in [-0.2, 0) is 44.8 Å². The van der Waals surface area contributed by atoms with Crippen LogP contribution in [0.3, 0.4) is 0 Å². The molecule has 0 bridgehead atoms. The van der Waals surface area contributed by atoms with Gasteiger partial charge in [-0.3, -0.25) is 68.1 Å². The number of benzene rings is 4. The number of Topliss-reactive ketones (excluding diaryl/α,β-unsaturated/α-hetero) is 1. The molecule has 4 atom stereocenters. The van der Waals surface area contributed by atoms with E-state index in [9.17, 15) is 38.4 Å². The highest BCUT2D eigenvalue weighted by Crippen LogP contribution is 2.42. The summed E-state index contributed by atoms with van der Waals surface area (Å²) in [6, 6.07) is 24.4. The lowest BCUT2D eigenvalue weighted by Crippen LogP contribution is -2.41. The average molecular weight is 1540 g/mol. The van der Waals surface area contributed by atoms with Crippen molar-refractivity contribution in [2.45, 2.75) is 181 Å². The highest BCUT2D eigenvalue weighted by molar-refractivity contribution is 7.15. The lowest BCUT2D eigenvalue weighted by Gasteiger charge is -2.22. The molecule has 4 aliphatic rings. The molecule has 6 amide bonds. The number of carboxylic acid groups (broad SMARTS) is 1. The Balaban J connectivity index is 0.000000170. The molecule has 14 rings (SSSR count). The number of nitrogens with two attached hydrogens (primary N) is 1. The Hall–Kier alpha value is -10.4. The van der Waals surface area contributed by atoms with Gasteiger partial charge in [0.1, 0.15) is 52.1 Å². The molecule has 30 heteroatoms. The third-order valence-corrected chi connectivity index (χ3v) is 22.7. The molecular weight excluding hydrogens is 1450 g/mol. The number of imide groups is 2. The van der Waals surface area contributed by atoms with Crippen LogP contribution in [0.15, 0.2) is 114 Å². The number of unbranched alkanes of at least 4 members (excludes halogenated alkanes) is 8. The molecule has 0 saturated carbocycles. The number of halogens is 2. The first-order valence-electron chi connectivity index (χ1n) is 36.4. The molecule has 10 aromatic rings. The van der Waals surface area contributed by atoms with Crippen molar-refractivity contribution in [1.29, 1.82) is 0 Å². The second-order valence-corrected chi connectivity index (χ2v) is 30.8. The molecule has 2 saturated heterocycles. The number of carbonyl (C=O) groups is 8. The summed E-state index contributed by atoms with van der Waals surface area (Å²) in [5.41, 5.74) is 18.3. The monoisotopic (exact) mass is 1540 g/mol. The molecule has 7 N–H and O–H groups in total. The van der Waals surface area contributed by atoms with Crippen molar-refractivity contribution < 1.29 is 43.5 Å². The van der Waals surface area contributed by atoms with Crippen LogP contribution in [-0.4, -0.2) is 125 Å². The largest absolute Gasteiger partial charge is 0.481 e. The van der Waals surface area contributed by atoms with E-state index in [-0.39, 0.29) is 66.9 Å². The lowest BCUT2D eigenvalue weighted by atomic mass is 9.99. The number of rotatable bonds is 26. The average Bonchev–Trinajstić information content (AvgIpc) is 1.60. The molecular formula is C78H85Cl2N17O9S2. The van der Waals surface area contributed by atoms with Gasteiger partial charge in [0, 0.05) is 92.9 Å². The van der Waals surface area contributed by atoms with Gasteiger partial charge in [-0.05, 0) is 144 Å². The number of aliphatic imine (C=N–C) groups is 2. The number of nitrogens with zero attached hydrogens (tertiary/aromatic N) is 12. The Bertz CT molecular complexity index is 5110. The van der Waals surface area contributed by atoms with E-state index in [1.54, 1.807) is 62.9 Å². The van der Waals surface area contributed by atoms with E-state index in [0.29, 0.717) is 79.0 Å². The van der Waals surface area contributed by atoms with Crippen LogP contribution in [0.2, 0.25) is 10.0 Å². The summed E-state index contributed by atoms with van der Waals surface area (Å²) in [4.78, 5) is 118. The van der Waals surface area contributed by atoms with Crippen molar-refractivity contribution in [2.24, 2.45) is 9.98 Å². The van der Waals surface area contributed by atoms with Crippen molar-refractivity contribution in [3.8, 4) is 10.0 Å². The van der Waals surface area contributed by atoms with Crippen LogP contribution in [0, 0.1) is 34.6 Å². The number of carbonyl (C=O) groups excluding carboxylic acids is 7. The number of hydrogen-bond acceptors (Lipinski definition) is 19. The van der Waals surface area contributed by atoms with Gasteiger partial charge >= 0.3 is 5.97 Å². The zero-order valence-corrected chi connectivity index (χ0v) is 63.8. The molecule has 2 unspecified atom stereocenters. The zero-order valence-electron chi connectivity index (χ0n) is 60.7. The molecule has 4 aromatic carbocycles. The second kappa shape index (κ2) is 35.1. The number of nitrogen functional groups attached to an aromatic ring is 1. The number of imidazole rings is 2. The molecule has 562 valence electrons. The topological polar surface area (TPSA) is 353 Å². The van der Waals surface area contributed by atoms with Gasteiger partial charge in [0.25, 0.3) is 0 Å². The molecule has 108 heavy (non-hydrogen) atoms. The molecule has 2 fully saturated rings. The predicted octanol–water partition coefficient (Wildman–Crippen LogP) is 12.8. The van der Waals surface area contributed by atoms with E-state index in [1.807, 2.05) is 88.9 Å². The van der Waals surface area contributed by atoms with Crippen LogP contribution in [0.5, 0.6) is 0 Å². The number of nitrogens with one attached hydrogen (secondary N) is 4. The smallest absolute Gasteiger partial charge is 0.303 e. The molecule has 26 nitrogen and oxygen atoms in total. The van der Waals surface area contributed by atoms with Crippen molar-refractivity contribution in [1.82, 2.24) is 69.9 Å². The maximum atomic E-state index is 13.2. The molecule has 6 aromatic heterocycles. The van der Waals surface area contributed by atoms with Gasteiger partial charge in [0.05, 0.1) is 59.0 Å². The van der Waals surface area contributed by atoms with Crippen molar-refractivity contribution >= 4 is 132 Å². The zero-order chi connectivity index (χ0) is 76.3. The van der Waals surface area contributed by atoms with Crippen molar-refractivity contribution in [2.75, 3.05) is 18.8 Å². The first kappa shape index (κ1) is 77.2. The fraction of sp³-hybridized carbons (Fsp3) is 0.385. The van der Waals surface area contributed by atoms with Crippen molar-refractivity contribution in [3.05, 3.63) is 180 Å². The van der Waals surface area contributed by atoms with Gasteiger partial charge < -0.3 is 30.6 Å². The second-order valence-electron chi connectivity index (χ2n) is 27.5. The number of aromatic nitrogens is 10. The molecule has 0 aliphatic carbocycles. The lowest BCUT2D eigenvalue weighted by molar-refractivity contribution is -0.138. The standard InChI is InChI=1S/C39H41ClN8O4S.C27H32ClN5O3S.C12H12N4O2/c1-23-24(2)53-39-35(23)36(26-10-12-27(40)13-11-26)44-30(37-46-43-22-48(37)39)20-34(51)41-17-7-5-3-4-6-8-28(49)18-25-9-14-29-32(19-25)47(21-42-29)31-15-16-33(50)45-38(31)52;1-16-17(2)37-27-24(16)25(19-10-12-20(28)13-11-19)30-21(26-32-31-18(3)33(26)27)15-22(34)29-14-8-6-4-5-7-9-23(35)36;13-7-1-2-8-10(5-7)16(6-14-8)9-3-4-11(17)15-12(9)18/h9-14,19,21-22,30-31H,3-8,15-18,20H2,1-2H3,(H,41,51)(H,45,50,52);10-13,21H,4-9,14-15H2,1-3H3,(H,29,34)(H,35,36);1-2,5-6,9H,3-4,13H2,(H,15,17,18)/t30-,31?;21-;/m00./s1. The van der Waals surface area contributed by atoms with Gasteiger partial charge in [-0.2, -0.15) is 0 Å². The van der Waals surface area contributed by atoms with Crippen LogP contribution < -0.4 is 27.0 Å². The van der Waals surface area contributed by atoms with Gasteiger partial charge in [-0.25, -0.2) is 9.97 Å². The third-order valence-electron chi connectivity index (χ3n) is 19.8. The first-order chi connectivity index (χ1) is 52.1. The summed E-state index contributed by atoms with van der Waals surface area (Å²) in [5, 5.41) is 40.2. The summed E-state index contributed by atoms with van der Waals surface area (Å²) in [6.45, 7) is 11.5. The van der Waals surface area contributed by atoms with Gasteiger partial charge in [-0.15, -0.1) is 43.1 Å². The molecule has 0 spiro atoms. The van der Waals surface area contributed by atoms with Crippen LogP contribution in [0.4, 0.5) is 5.69 Å². The number of thiophene rings is 2. The maximum Gasteiger partial charge on any atom is 0.303 e. The fourth-order valence-electron chi connectivity index (χ4n) is 13.9. The number of aryl methyl sites for hydroxylation is 3. The number of fused-ring (bicyclic) bond motifs is 8. The summed E-state index contributed by atoms with van der Waals surface area (Å²) in [5.74, 6) is 0.216. The van der Waals surface area contributed by atoms with E-state index < -0.39 is 30.1 Å². The number of piperidine rings is 2. The van der Waals surface area contributed by atoms with E-state index in [0.717, 1.165) is 146 Å². The van der Waals surface area contributed by atoms with Gasteiger partial charge in [0.2, 0.25) is 35.4 Å². The van der Waals surface area contributed by atoms with Gasteiger partial charge in [-0.1, -0.05) is 92.1 Å². The van der Waals surface area contributed by atoms with E-state index in [4.69, 9.17) is 44.0 Å². The Kier molecular flexibility index (Phi) is 25.1. The minimum absolute atomic E-state index is 0.0829. The maximum absolute atomic E-state index is 13.2. The Morgan fingerprint density at radius 3 is 1.61 bits per heavy atom. The number of ketones is 1. The Morgan fingerprint density at radius 2 is 1.06 bits per heavy atom. The summed E-state index contributed by atoms with van der Waals surface area (Å²) in [6.07, 6.45) is 16.7. The highest BCUT2D eigenvalue weighted by atomic mass is 35.5. The van der Waals surface area contributed by atoms with E-state index >= 15 is 0 Å². The SMILES string of the molecule is Cc1sc2c(c1C)C(c1ccc(Cl)cc1)=N[C@@H](CC(=O)NCCCCCCCC(=O)Cc1ccc3ncn(C4CCC(=O)NC4=O)c3c1)c1nncn1-2.Cc1sc2c(c1C)C(c1ccc(Cl)cc1)=N[C@@H](CC(=O)NCCCCCCCC(=O)O)c1nnc(C)n1-2.Nc1ccc2ncn(C3CCC(=O)NC3=O)c2c1. The Labute approximate surface area is 641 Å². The third kappa shape index (κ3) is 18.2. The minimum Gasteiger partial charge on any atom is -0.481 e. The summed E-state index contributed by atoms with van der Waals surface area (Å²) in [7, 11) is 0. The van der Waals surface area contributed by atoms with Gasteiger partial charge in [0.15, 0.2) is 11.6 Å². The Morgan fingerprint density at radius 1 is 0.574 bits per heavy atom. The minimum atomic E-state index is -0.751. The number of carboxylic acids is 1. The molecule has 0 radical (unpaired) electrons. The predicted molar refractivity (Wildman–Crippen MR) is 416 cm³/mol. The highest BCUT2D eigenvalue weighted by Gasteiger charge is 2.36. The number of anilines is 1. The molecule has 10 heterocycles. The number of amides is 6. The van der Waals surface area contributed by atoms with Crippen molar-refractivity contribution in [3.63, 3.8) is 0 Å². The van der Waals surface area contributed by atoms with Crippen LogP contribution in [0.1, 0.15) is 206 Å². The summed E-state index contributed by atoms with van der Waals surface area (Å²) < 4.78 is 7.58. The normalized spacial score (nSPS) is 16.6. The molecule has 4 aliphatic heterocycles. The number of aliphatic carboxylic acids is 1. The quantitative estimate of drug-likeness (QED) is 0.0167. The first-order valence-corrected chi connectivity index (χ1v) is 38.8. The fourth-order valence-corrected chi connectivity index (χ4v) is 16.5. The van der Waals surface area contributed by atoms with Crippen LogP contribution >= 0.6 is 45.9 Å².